The van der Waals surface area contributed by atoms with E-state index in [1.165, 1.54) is 35.0 Å². The first-order valence-electron chi connectivity index (χ1n) is 6.86. The fourth-order valence-corrected chi connectivity index (χ4v) is 1.96. The van der Waals surface area contributed by atoms with Crippen molar-refractivity contribution in [2.24, 2.45) is 0 Å². The molecule has 0 aliphatic heterocycles. The standard InChI is InChI=1S/C15H16FN3O3/c1-2-3-13(15(21)22)17-14(20)12-8-9-19(18-12)11-6-4-10(16)5-7-11/h4-9,13H,2-3H2,1H3,(H,17,20)(H,21,22). The van der Waals surface area contributed by atoms with Crippen molar-refractivity contribution in [3.05, 3.63) is 48.0 Å². The highest BCUT2D eigenvalue weighted by molar-refractivity contribution is 5.94. The van der Waals surface area contributed by atoms with Crippen LogP contribution >= 0.6 is 0 Å². The topological polar surface area (TPSA) is 84.2 Å². The van der Waals surface area contributed by atoms with Crippen molar-refractivity contribution in [1.29, 1.82) is 0 Å². The van der Waals surface area contributed by atoms with Crippen LogP contribution < -0.4 is 5.32 Å². The number of hydrogen-bond acceptors (Lipinski definition) is 3. The Kier molecular flexibility index (Phi) is 4.88. The van der Waals surface area contributed by atoms with Crippen molar-refractivity contribution in [3.63, 3.8) is 0 Å². The molecule has 0 spiro atoms. The smallest absolute Gasteiger partial charge is 0.326 e. The number of hydrogen-bond donors (Lipinski definition) is 2. The number of aromatic nitrogens is 2. The Morgan fingerprint density at radius 1 is 1.32 bits per heavy atom. The average molecular weight is 305 g/mol. The summed E-state index contributed by atoms with van der Waals surface area (Å²) >= 11 is 0. The Morgan fingerprint density at radius 3 is 2.59 bits per heavy atom. The van der Waals surface area contributed by atoms with Gasteiger partial charge in [0.15, 0.2) is 5.69 Å². The summed E-state index contributed by atoms with van der Waals surface area (Å²) in [5.41, 5.74) is 0.704. The molecule has 116 valence electrons. The van der Waals surface area contributed by atoms with E-state index in [4.69, 9.17) is 5.11 Å². The van der Waals surface area contributed by atoms with Gasteiger partial charge in [-0.1, -0.05) is 13.3 Å². The minimum absolute atomic E-state index is 0.103. The van der Waals surface area contributed by atoms with Crippen LogP contribution in [0.15, 0.2) is 36.5 Å². The second-order valence-electron chi connectivity index (χ2n) is 4.77. The first-order valence-corrected chi connectivity index (χ1v) is 6.86. The number of amides is 1. The molecule has 0 saturated carbocycles. The normalized spacial score (nSPS) is 11.9. The Morgan fingerprint density at radius 2 is 2.00 bits per heavy atom. The number of carboxylic acids is 1. The zero-order valence-corrected chi connectivity index (χ0v) is 12.0. The maximum Gasteiger partial charge on any atom is 0.326 e. The molecular weight excluding hydrogens is 289 g/mol. The molecule has 1 unspecified atom stereocenters. The van der Waals surface area contributed by atoms with E-state index in [1.807, 2.05) is 6.92 Å². The maximum absolute atomic E-state index is 12.9. The molecule has 2 rings (SSSR count). The van der Waals surface area contributed by atoms with E-state index >= 15 is 0 Å². The molecule has 0 saturated heterocycles. The number of carbonyl (C=O) groups is 2. The van der Waals surface area contributed by atoms with Crippen molar-refractivity contribution < 1.29 is 19.1 Å². The van der Waals surface area contributed by atoms with Gasteiger partial charge in [0.05, 0.1) is 5.69 Å². The molecule has 22 heavy (non-hydrogen) atoms. The molecule has 2 aromatic rings. The highest BCUT2D eigenvalue weighted by Gasteiger charge is 2.20. The molecule has 1 atom stereocenters. The highest BCUT2D eigenvalue weighted by atomic mass is 19.1. The lowest BCUT2D eigenvalue weighted by molar-refractivity contribution is -0.139. The number of halogens is 1. The summed E-state index contributed by atoms with van der Waals surface area (Å²) in [6.45, 7) is 1.84. The third-order valence-electron chi connectivity index (χ3n) is 3.09. The Hall–Kier alpha value is -2.70. The number of rotatable bonds is 6. The lowest BCUT2D eigenvalue weighted by Gasteiger charge is -2.12. The monoisotopic (exact) mass is 305 g/mol. The molecule has 1 heterocycles. The lowest BCUT2D eigenvalue weighted by atomic mass is 10.1. The minimum Gasteiger partial charge on any atom is -0.480 e. The van der Waals surface area contributed by atoms with Crippen LogP contribution in [0.3, 0.4) is 0 Å². The van der Waals surface area contributed by atoms with Crippen molar-refractivity contribution in [2.75, 3.05) is 0 Å². The SMILES string of the molecule is CCCC(NC(=O)c1ccn(-c2ccc(F)cc2)n1)C(=O)O. The van der Waals surface area contributed by atoms with Gasteiger partial charge in [0.2, 0.25) is 0 Å². The van der Waals surface area contributed by atoms with Gasteiger partial charge >= 0.3 is 5.97 Å². The van der Waals surface area contributed by atoms with Gasteiger partial charge in [-0.3, -0.25) is 4.79 Å². The van der Waals surface area contributed by atoms with Gasteiger partial charge in [-0.2, -0.15) is 5.10 Å². The van der Waals surface area contributed by atoms with Crippen LogP contribution in [0.25, 0.3) is 5.69 Å². The van der Waals surface area contributed by atoms with Crippen LogP contribution in [0.4, 0.5) is 4.39 Å². The zero-order chi connectivity index (χ0) is 16.1. The number of nitrogens with zero attached hydrogens (tertiary/aromatic N) is 2. The van der Waals surface area contributed by atoms with E-state index < -0.39 is 17.9 Å². The molecular formula is C15H16FN3O3. The van der Waals surface area contributed by atoms with Crippen LogP contribution in [-0.2, 0) is 4.79 Å². The van der Waals surface area contributed by atoms with E-state index in [-0.39, 0.29) is 11.5 Å². The second kappa shape index (κ2) is 6.84. The summed E-state index contributed by atoms with van der Waals surface area (Å²) in [5.74, 6) is -1.99. The van der Waals surface area contributed by atoms with Gasteiger partial charge in [0.25, 0.3) is 5.91 Å². The molecule has 0 radical (unpaired) electrons. The molecule has 2 N–H and O–H groups in total. The summed E-state index contributed by atoms with van der Waals surface area (Å²) in [6.07, 6.45) is 2.54. The number of nitrogens with one attached hydrogen (secondary N) is 1. The minimum atomic E-state index is -1.08. The molecule has 0 bridgehead atoms. The Labute approximate surface area is 126 Å². The summed E-state index contributed by atoms with van der Waals surface area (Å²) in [6, 6.07) is 6.18. The van der Waals surface area contributed by atoms with E-state index in [0.29, 0.717) is 18.5 Å². The van der Waals surface area contributed by atoms with Crippen molar-refractivity contribution in [2.45, 2.75) is 25.8 Å². The van der Waals surface area contributed by atoms with Gasteiger partial charge in [0, 0.05) is 6.20 Å². The molecule has 1 aromatic heterocycles. The molecule has 1 aromatic carbocycles. The van der Waals surface area contributed by atoms with E-state index in [1.54, 1.807) is 6.20 Å². The highest BCUT2D eigenvalue weighted by Crippen LogP contribution is 2.09. The van der Waals surface area contributed by atoms with Crippen LogP contribution in [0.1, 0.15) is 30.3 Å². The predicted octanol–water partition coefficient (Wildman–Crippen LogP) is 1.99. The van der Waals surface area contributed by atoms with Gasteiger partial charge in [-0.05, 0) is 36.8 Å². The van der Waals surface area contributed by atoms with Crippen molar-refractivity contribution >= 4 is 11.9 Å². The third kappa shape index (κ3) is 3.69. The van der Waals surface area contributed by atoms with Crippen molar-refractivity contribution in [3.8, 4) is 5.69 Å². The number of carbonyl (C=O) groups excluding carboxylic acids is 1. The number of benzene rings is 1. The molecule has 0 fully saturated rings. The first-order chi connectivity index (χ1) is 10.5. The van der Waals surface area contributed by atoms with Gasteiger partial charge < -0.3 is 10.4 Å². The molecule has 1 amide bonds. The Bertz CT molecular complexity index is 667. The Balaban J connectivity index is 2.11. The molecule has 7 heteroatoms. The summed E-state index contributed by atoms with van der Waals surface area (Å²) < 4.78 is 14.3. The summed E-state index contributed by atoms with van der Waals surface area (Å²) in [5, 5.41) is 15.5. The average Bonchev–Trinajstić information content (AvgIpc) is 2.97. The molecule has 0 aliphatic carbocycles. The zero-order valence-electron chi connectivity index (χ0n) is 12.0. The second-order valence-corrected chi connectivity index (χ2v) is 4.77. The van der Waals surface area contributed by atoms with Gasteiger partial charge in [0.1, 0.15) is 11.9 Å². The first kappa shape index (κ1) is 15.7. The lowest BCUT2D eigenvalue weighted by Crippen LogP contribution is -2.40. The fourth-order valence-electron chi connectivity index (χ4n) is 1.96. The van der Waals surface area contributed by atoms with Gasteiger partial charge in [-0.25, -0.2) is 13.9 Å². The van der Waals surface area contributed by atoms with E-state index in [9.17, 15) is 14.0 Å². The molecule has 6 nitrogen and oxygen atoms in total. The van der Waals surface area contributed by atoms with Crippen molar-refractivity contribution in [1.82, 2.24) is 15.1 Å². The van der Waals surface area contributed by atoms with Crippen LogP contribution in [0, 0.1) is 5.82 Å². The summed E-state index contributed by atoms with van der Waals surface area (Å²) in [7, 11) is 0. The predicted molar refractivity (Wildman–Crippen MR) is 77.3 cm³/mol. The van der Waals surface area contributed by atoms with Crippen LogP contribution in [0.2, 0.25) is 0 Å². The van der Waals surface area contributed by atoms with Crippen LogP contribution in [0.5, 0.6) is 0 Å². The van der Waals surface area contributed by atoms with E-state index in [0.717, 1.165) is 0 Å². The number of aliphatic carboxylic acids is 1. The van der Waals surface area contributed by atoms with Gasteiger partial charge in [-0.15, -0.1) is 0 Å². The number of carboxylic acid groups (broad SMARTS) is 1. The maximum atomic E-state index is 12.9. The molecule has 0 aliphatic rings. The third-order valence-corrected chi connectivity index (χ3v) is 3.09. The van der Waals surface area contributed by atoms with E-state index in [2.05, 4.69) is 10.4 Å². The largest absolute Gasteiger partial charge is 0.480 e. The fraction of sp³-hybridized carbons (Fsp3) is 0.267. The van der Waals surface area contributed by atoms with Crippen LogP contribution in [-0.4, -0.2) is 32.8 Å². The quantitative estimate of drug-likeness (QED) is 0.855. The summed E-state index contributed by atoms with van der Waals surface area (Å²) in [4.78, 5) is 23.1.